The van der Waals surface area contributed by atoms with Gasteiger partial charge in [-0.2, -0.15) is 5.90 Å². The Labute approximate surface area is 151 Å². The maximum absolute atomic E-state index is 11.0. The second-order valence-electron chi connectivity index (χ2n) is 5.45. The van der Waals surface area contributed by atoms with Crippen LogP contribution in [0.2, 0.25) is 0 Å². The first-order chi connectivity index (χ1) is 11.7. The molecule has 0 unspecified atom stereocenters. The fourth-order valence-electron chi connectivity index (χ4n) is 2.56. The molecule has 0 bridgehead atoms. The Hall–Kier alpha value is -1.50. The number of aromatic nitrogens is 2. The number of nitrogens with two attached hydrogens (primary N) is 1. The van der Waals surface area contributed by atoms with Gasteiger partial charge in [-0.05, 0) is 31.0 Å². The van der Waals surface area contributed by atoms with Gasteiger partial charge < -0.3 is 14.7 Å². The van der Waals surface area contributed by atoms with Crippen molar-refractivity contribution in [1.29, 1.82) is 0 Å². The van der Waals surface area contributed by atoms with Crippen LogP contribution in [0.5, 0.6) is 0 Å². The summed E-state index contributed by atoms with van der Waals surface area (Å²) in [5, 5.41) is 0. The number of nitrogens with zero attached hydrogens (tertiary/aromatic N) is 2. The van der Waals surface area contributed by atoms with Crippen molar-refractivity contribution in [2.24, 2.45) is 5.90 Å². The maximum Gasteiger partial charge on any atom is 0.324 e. The van der Waals surface area contributed by atoms with Crippen LogP contribution in [0.15, 0.2) is 18.2 Å². The topological polar surface area (TPSA) is 84.2 Å². The minimum absolute atomic E-state index is 0.326. The summed E-state index contributed by atoms with van der Waals surface area (Å²) >= 11 is 11.7. The minimum Gasteiger partial charge on any atom is -0.373 e. The number of aryl methyl sites for hydroxylation is 1. The third-order valence-electron chi connectivity index (χ3n) is 3.77. The lowest BCUT2D eigenvalue weighted by molar-refractivity contribution is -0.144. The predicted octanol–water partition coefficient (Wildman–Crippen LogP) is 2.98. The third-order valence-corrected chi connectivity index (χ3v) is 4.10. The molecule has 0 saturated heterocycles. The van der Waals surface area contributed by atoms with E-state index in [1.165, 1.54) is 0 Å². The minimum atomic E-state index is -0.386. The lowest BCUT2D eigenvalue weighted by Gasteiger charge is -2.22. The van der Waals surface area contributed by atoms with Crippen LogP contribution in [0.1, 0.15) is 25.1 Å². The van der Waals surface area contributed by atoms with Crippen LogP contribution < -0.4 is 10.8 Å². The summed E-state index contributed by atoms with van der Waals surface area (Å²) in [5.74, 6) is 6.43. The zero-order valence-electron chi connectivity index (χ0n) is 13.4. The van der Waals surface area contributed by atoms with Crippen LogP contribution in [0.4, 0.5) is 5.69 Å². The standard InChI is InChI=1S/C16H22Cl2N4O2/c17-7-9-22(10-8-18)12-5-6-13-14(11-12)21-15(20-13)3-1-2-4-16(23)24-19/h5-6,11H,1-4,7-10,19H2,(H,20,21). The summed E-state index contributed by atoms with van der Waals surface area (Å²) in [6, 6.07) is 6.10. The van der Waals surface area contributed by atoms with E-state index in [2.05, 4.69) is 19.7 Å². The van der Waals surface area contributed by atoms with E-state index < -0.39 is 0 Å². The zero-order chi connectivity index (χ0) is 17.4. The number of imidazole rings is 1. The highest BCUT2D eigenvalue weighted by molar-refractivity contribution is 6.18. The highest BCUT2D eigenvalue weighted by Crippen LogP contribution is 2.21. The van der Waals surface area contributed by atoms with Crippen molar-refractivity contribution >= 4 is 45.9 Å². The van der Waals surface area contributed by atoms with E-state index in [4.69, 9.17) is 29.1 Å². The Balaban J connectivity index is 2.01. The first kappa shape index (κ1) is 18.8. The number of hydrogen-bond acceptors (Lipinski definition) is 5. The molecule has 1 aromatic carbocycles. The fourth-order valence-corrected chi connectivity index (χ4v) is 2.96. The average Bonchev–Trinajstić information content (AvgIpc) is 3.00. The molecule has 0 aliphatic heterocycles. The van der Waals surface area contributed by atoms with E-state index in [0.29, 0.717) is 18.2 Å². The van der Waals surface area contributed by atoms with Gasteiger partial charge in [0.05, 0.1) is 11.0 Å². The van der Waals surface area contributed by atoms with E-state index in [1.807, 2.05) is 18.2 Å². The molecule has 2 aromatic rings. The fraction of sp³-hybridized carbons (Fsp3) is 0.500. The molecule has 0 atom stereocenters. The van der Waals surface area contributed by atoms with Crippen molar-refractivity contribution in [3.8, 4) is 0 Å². The van der Waals surface area contributed by atoms with Crippen LogP contribution in [0.3, 0.4) is 0 Å². The normalized spacial score (nSPS) is 11.0. The van der Waals surface area contributed by atoms with Gasteiger partial charge in [0.2, 0.25) is 0 Å². The predicted molar refractivity (Wildman–Crippen MR) is 97.6 cm³/mol. The molecule has 0 saturated carbocycles. The number of H-pyrrole nitrogens is 1. The van der Waals surface area contributed by atoms with Crippen molar-refractivity contribution in [2.45, 2.75) is 25.7 Å². The van der Waals surface area contributed by atoms with Crippen LogP contribution in [-0.2, 0) is 16.1 Å². The first-order valence-electron chi connectivity index (χ1n) is 7.93. The summed E-state index contributed by atoms with van der Waals surface area (Å²) in [6.45, 7) is 1.49. The number of aromatic amines is 1. The Morgan fingerprint density at radius 2 is 2.00 bits per heavy atom. The average molecular weight is 373 g/mol. The summed E-state index contributed by atoms with van der Waals surface area (Å²) in [5.41, 5.74) is 2.97. The van der Waals surface area contributed by atoms with Crippen molar-refractivity contribution in [1.82, 2.24) is 9.97 Å². The number of halogens is 2. The number of hydrogen-bond donors (Lipinski definition) is 2. The SMILES string of the molecule is NOC(=O)CCCCc1nc2cc(N(CCCl)CCCl)ccc2[nH]1. The summed E-state index contributed by atoms with van der Waals surface area (Å²) in [4.78, 5) is 25.2. The number of unbranched alkanes of at least 4 members (excludes halogenated alkanes) is 1. The van der Waals surface area contributed by atoms with Crippen molar-refractivity contribution in [3.05, 3.63) is 24.0 Å². The lowest BCUT2D eigenvalue weighted by atomic mass is 10.2. The van der Waals surface area contributed by atoms with Gasteiger partial charge in [-0.25, -0.2) is 4.98 Å². The van der Waals surface area contributed by atoms with Gasteiger partial charge in [0.15, 0.2) is 0 Å². The Morgan fingerprint density at radius 3 is 2.67 bits per heavy atom. The molecule has 0 fully saturated rings. The van der Waals surface area contributed by atoms with E-state index in [1.54, 1.807) is 0 Å². The number of carbonyl (C=O) groups is 1. The highest BCUT2D eigenvalue weighted by Gasteiger charge is 2.09. The van der Waals surface area contributed by atoms with Gasteiger partial charge in [-0.3, -0.25) is 4.79 Å². The van der Waals surface area contributed by atoms with Crippen molar-refractivity contribution in [2.75, 3.05) is 29.7 Å². The molecule has 132 valence electrons. The Bertz CT molecular complexity index is 657. The molecule has 1 aromatic heterocycles. The number of fused-ring (bicyclic) bond motifs is 1. The van der Waals surface area contributed by atoms with Crippen molar-refractivity contribution in [3.63, 3.8) is 0 Å². The van der Waals surface area contributed by atoms with E-state index in [-0.39, 0.29) is 5.97 Å². The Kier molecular flexibility index (Phi) is 7.62. The van der Waals surface area contributed by atoms with Gasteiger partial charge in [0, 0.05) is 43.4 Å². The molecule has 3 N–H and O–H groups in total. The molecule has 1 heterocycles. The molecule has 2 rings (SSSR count). The molecule has 0 aliphatic rings. The molecule has 0 aliphatic carbocycles. The number of anilines is 1. The van der Waals surface area contributed by atoms with Gasteiger partial charge in [-0.15, -0.1) is 23.2 Å². The van der Waals surface area contributed by atoms with E-state index >= 15 is 0 Å². The molecule has 0 amide bonds. The largest absolute Gasteiger partial charge is 0.373 e. The van der Waals surface area contributed by atoms with Gasteiger partial charge in [0.1, 0.15) is 5.82 Å². The number of nitrogens with one attached hydrogen (secondary N) is 1. The quantitative estimate of drug-likeness (QED) is 0.380. The van der Waals surface area contributed by atoms with Gasteiger partial charge in [0.25, 0.3) is 0 Å². The summed E-state index contributed by atoms with van der Waals surface area (Å²) in [7, 11) is 0. The van der Waals surface area contributed by atoms with Crippen molar-refractivity contribution < 1.29 is 9.63 Å². The van der Waals surface area contributed by atoms with Gasteiger partial charge >= 0.3 is 5.97 Å². The first-order valence-corrected chi connectivity index (χ1v) is 9.00. The molecular weight excluding hydrogens is 351 g/mol. The summed E-state index contributed by atoms with van der Waals surface area (Å²) < 4.78 is 0. The maximum atomic E-state index is 11.0. The van der Waals surface area contributed by atoms with Crippen LogP contribution in [0, 0.1) is 0 Å². The van der Waals surface area contributed by atoms with E-state index in [9.17, 15) is 4.79 Å². The molecular formula is C16H22Cl2N4O2. The monoisotopic (exact) mass is 372 g/mol. The number of benzene rings is 1. The van der Waals surface area contributed by atoms with Crippen LogP contribution in [0.25, 0.3) is 11.0 Å². The zero-order valence-corrected chi connectivity index (χ0v) is 14.9. The van der Waals surface area contributed by atoms with Gasteiger partial charge in [-0.1, -0.05) is 0 Å². The lowest BCUT2D eigenvalue weighted by Crippen LogP contribution is -2.27. The molecule has 6 nitrogen and oxygen atoms in total. The Morgan fingerprint density at radius 1 is 1.25 bits per heavy atom. The summed E-state index contributed by atoms with van der Waals surface area (Å²) in [6.07, 6.45) is 2.66. The number of carbonyl (C=O) groups excluding carboxylic acids is 1. The number of rotatable bonds is 10. The van der Waals surface area contributed by atoms with Crippen LogP contribution >= 0.6 is 23.2 Å². The molecule has 8 heteroatoms. The highest BCUT2D eigenvalue weighted by atomic mass is 35.5. The molecule has 0 radical (unpaired) electrons. The second kappa shape index (κ2) is 9.71. The molecule has 0 spiro atoms. The number of alkyl halides is 2. The van der Waals surface area contributed by atoms with Crippen LogP contribution in [-0.4, -0.2) is 40.8 Å². The van der Waals surface area contributed by atoms with E-state index in [0.717, 1.165) is 54.9 Å². The molecule has 24 heavy (non-hydrogen) atoms. The second-order valence-corrected chi connectivity index (χ2v) is 6.20. The smallest absolute Gasteiger partial charge is 0.324 e. The third kappa shape index (κ3) is 5.26.